The van der Waals surface area contributed by atoms with Crippen molar-refractivity contribution in [3.8, 4) is 11.1 Å². The number of halogens is 1. The molecule has 2 amide bonds. The van der Waals surface area contributed by atoms with E-state index in [2.05, 4.69) is 29.6 Å². The smallest absolute Gasteiger partial charge is 0.411 e. The molecule has 8 heteroatoms. The lowest BCUT2D eigenvalue weighted by Gasteiger charge is -2.38. The lowest BCUT2D eigenvalue weighted by molar-refractivity contribution is -0.146. The molecule has 3 aromatic rings. The standard InChI is InChI=1S/C26H21IN2O5/c27-21-13-15(24(30)29-12-11-23(29)25(31)32)9-10-22(21)28-26(33)34-14-20-18-7-3-1-5-16(18)17-6-2-4-8-19(17)20/h1-10,13,20,23H,11-12,14H2,(H,28,33)(H,31,32). The Labute approximate surface area is 209 Å². The van der Waals surface area contributed by atoms with Crippen molar-refractivity contribution in [2.75, 3.05) is 18.5 Å². The number of benzene rings is 3. The Bertz CT molecular complexity index is 1260. The Morgan fingerprint density at radius 2 is 1.65 bits per heavy atom. The summed E-state index contributed by atoms with van der Waals surface area (Å²) in [6, 6.07) is 20.4. The topological polar surface area (TPSA) is 95.9 Å². The number of likely N-dealkylation sites (tertiary alicyclic amines) is 1. The molecule has 1 heterocycles. The Kier molecular flexibility index (Phi) is 5.99. The Balaban J connectivity index is 1.24. The largest absolute Gasteiger partial charge is 0.480 e. The zero-order chi connectivity index (χ0) is 23.8. The predicted octanol–water partition coefficient (Wildman–Crippen LogP) is 4.95. The zero-order valence-corrected chi connectivity index (χ0v) is 20.2. The third-order valence-electron chi connectivity index (χ3n) is 6.36. The zero-order valence-electron chi connectivity index (χ0n) is 18.0. The van der Waals surface area contributed by atoms with Crippen LogP contribution in [0.25, 0.3) is 11.1 Å². The van der Waals surface area contributed by atoms with Gasteiger partial charge in [-0.2, -0.15) is 0 Å². The summed E-state index contributed by atoms with van der Waals surface area (Å²) in [5, 5.41) is 11.9. The van der Waals surface area contributed by atoms with Crippen molar-refractivity contribution in [1.82, 2.24) is 4.90 Å². The highest BCUT2D eigenvalue weighted by Gasteiger charge is 2.38. The molecule has 0 bridgehead atoms. The second-order valence-electron chi connectivity index (χ2n) is 8.29. The van der Waals surface area contributed by atoms with Crippen LogP contribution in [0, 0.1) is 3.57 Å². The van der Waals surface area contributed by atoms with Crippen LogP contribution in [0.5, 0.6) is 0 Å². The van der Waals surface area contributed by atoms with Crippen LogP contribution in [0.3, 0.4) is 0 Å². The Hall–Kier alpha value is -3.40. The highest BCUT2D eigenvalue weighted by Crippen LogP contribution is 2.44. The number of anilines is 1. The molecule has 7 nitrogen and oxygen atoms in total. The number of nitrogens with zero attached hydrogens (tertiary/aromatic N) is 1. The van der Waals surface area contributed by atoms with E-state index in [-0.39, 0.29) is 18.4 Å². The summed E-state index contributed by atoms with van der Waals surface area (Å²) >= 11 is 2.03. The molecular weight excluding hydrogens is 547 g/mol. The summed E-state index contributed by atoms with van der Waals surface area (Å²) in [5.41, 5.74) is 5.50. The van der Waals surface area contributed by atoms with Crippen LogP contribution in [0.1, 0.15) is 33.8 Å². The van der Waals surface area contributed by atoms with E-state index in [1.165, 1.54) is 4.90 Å². The maximum absolute atomic E-state index is 12.6. The van der Waals surface area contributed by atoms with Gasteiger partial charge >= 0.3 is 12.1 Å². The number of hydrogen-bond donors (Lipinski definition) is 2. The number of carbonyl (C=O) groups is 3. The first kappa shape index (κ1) is 22.4. The second-order valence-corrected chi connectivity index (χ2v) is 9.45. The number of aliphatic carboxylic acids is 1. The van der Waals surface area contributed by atoms with Crippen LogP contribution >= 0.6 is 22.6 Å². The highest BCUT2D eigenvalue weighted by atomic mass is 127. The molecule has 5 rings (SSSR count). The SMILES string of the molecule is O=C(Nc1ccc(C(=O)N2CCC2C(=O)O)cc1I)OCC1c2ccccc2-c2ccccc21. The molecule has 1 unspecified atom stereocenters. The van der Waals surface area contributed by atoms with Crippen LogP contribution in [0.15, 0.2) is 66.7 Å². The first-order valence-electron chi connectivity index (χ1n) is 10.9. The van der Waals surface area contributed by atoms with Crippen LogP contribution in [-0.4, -0.2) is 47.2 Å². The summed E-state index contributed by atoms with van der Waals surface area (Å²) in [4.78, 5) is 37.7. The molecule has 0 spiro atoms. The fourth-order valence-corrected chi connectivity index (χ4v) is 5.20. The van der Waals surface area contributed by atoms with Gasteiger partial charge in [0, 0.05) is 21.6 Å². The van der Waals surface area contributed by atoms with E-state index in [1.54, 1.807) is 18.2 Å². The molecule has 0 saturated carbocycles. The van der Waals surface area contributed by atoms with Gasteiger partial charge in [-0.25, -0.2) is 9.59 Å². The summed E-state index contributed by atoms with van der Waals surface area (Å²) < 4.78 is 6.24. The molecule has 2 aliphatic rings. The normalized spacial score (nSPS) is 16.3. The van der Waals surface area contributed by atoms with Crippen molar-refractivity contribution in [1.29, 1.82) is 0 Å². The fourth-order valence-electron chi connectivity index (χ4n) is 4.55. The number of fused-ring (bicyclic) bond motifs is 3. The number of amides is 2. The Morgan fingerprint density at radius 1 is 1.00 bits per heavy atom. The van der Waals surface area contributed by atoms with Crippen molar-refractivity contribution in [3.63, 3.8) is 0 Å². The number of hydrogen-bond acceptors (Lipinski definition) is 4. The van der Waals surface area contributed by atoms with Gasteiger partial charge in [0.2, 0.25) is 0 Å². The van der Waals surface area contributed by atoms with Crippen molar-refractivity contribution in [2.45, 2.75) is 18.4 Å². The van der Waals surface area contributed by atoms with Crippen LogP contribution < -0.4 is 5.32 Å². The minimum atomic E-state index is -0.997. The number of ether oxygens (including phenoxy) is 1. The maximum atomic E-state index is 12.6. The monoisotopic (exact) mass is 568 g/mol. The van der Waals surface area contributed by atoms with Gasteiger partial charge < -0.3 is 14.7 Å². The van der Waals surface area contributed by atoms with E-state index in [0.717, 1.165) is 22.3 Å². The molecule has 3 aromatic carbocycles. The average Bonchev–Trinajstić information content (AvgIpc) is 3.11. The van der Waals surface area contributed by atoms with E-state index in [9.17, 15) is 19.5 Å². The molecule has 1 aliphatic carbocycles. The van der Waals surface area contributed by atoms with Gasteiger partial charge in [0.25, 0.3) is 5.91 Å². The summed E-state index contributed by atoms with van der Waals surface area (Å²) in [6.07, 6.45) is -0.118. The highest BCUT2D eigenvalue weighted by molar-refractivity contribution is 14.1. The molecule has 0 radical (unpaired) electrons. The van der Waals surface area contributed by atoms with Crippen molar-refractivity contribution in [2.24, 2.45) is 0 Å². The van der Waals surface area contributed by atoms with Crippen molar-refractivity contribution < 1.29 is 24.2 Å². The van der Waals surface area contributed by atoms with E-state index < -0.39 is 18.1 Å². The number of rotatable bonds is 5. The molecule has 1 fully saturated rings. The van der Waals surface area contributed by atoms with E-state index in [1.807, 2.05) is 46.9 Å². The summed E-state index contributed by atoms with van der Waals surface area (Å²) in [5.74, 6) is -1.36. The number of nitrogens with one attached hydrogen (secondary N) is 1. The molecular formula is C26H21IN2O5. The average molecular weight is 568 g/mol. The van der Waals surface area contributed by atoms with Crippen LogP contribution in [0.4, 0.5) is 10.5 Å². The van der Waals surface area contributed by atoms with Crippen LogP contribution in [0.2, 0.25) is 0 Å². The van der Waals surface area contributed by atoms with Crippen LogP contribution in [-0.2, 0) is 9.53 Å². The summed E-state index contributed by atoms with van der Waals surface area (Å²) in [6.45, 7) is 0.630. The second kappa shape index (κ2) is 9.09. The predicted molar refractivity (Wildman–Crippen MR) is 135 cm³/mol. The summed E-state index contributed by atoms with van der Waals surface area (Å²) in [7, 11) is 0. The van der Waals surface area contributed by atoms with Gasteiger partial charge in [0.1, 0.15) is 12.6 Å². The first-order chi connectivity index (χ1) is 16.4. The van der Waals surface area contributed by atoms with Gasteiger partial charge in [-0.05, 0) is 69.5 Å². The molecule has 172 valence electrons. The van der Waals surface area contributed by atoms with E-state index >= 15 is 0 Å². The molecule has 1 aliphatic heterocycles. The van der Waals surface area contributed by atoms with Crippen molar-refractivity contribution in [3.05, 3.63) is 87.0 Å². The van der Waals surface area contributed by atoms with Gasteiger partial charge in [-0.3, -0.25) is 10.1 Å². The number of carboxylic acid groups (broad SMARTS) is 1. The molecule has 2 N–H and O–H groups in total. The minimum absolute atomic E-state index is 0.0315. The van der Waals surface area contributed by atoms with Gasteiger partial charge in [0.05, 0.1) is 5.69 Å². The van der Waals surface area contributed by atoms with Gasteiger partial charge in [0.15, 0.2) is 0 Å². The van der Waals surface area contributed by atoms with Gasteiger partial charge in [-0.1, -0.05) is 48.5 Å². The quantitative estimate of drug-likeness (QED) is 0.425. The lowest BCUT2D eigenvalue weighted by Crippen LogP contribution is -2.55. The molecule has 0 aromatic heterocycles. The third kappa shape index (κ3) is 4.02. The van der Waals surface area contributed by atoms with E-state index in [0.29, 0.717) is 27.8 Å². The molecule has 1 atom stereocenters. The molecule has 1 saturated heterocycles. The number of carboxylic acids is 1. The minimum Gasteiger partial charge on any atom is -0.480 e. The maximum Gasteiger partial charge on any atom is 0.411 e. The first-order valence-corrected chi connectivity index (χ1v) is 12.0. The van der Waals surface area contributed by atoms with Crippen molar-refractivity contribution >= 4 is 46.2 Å². The third-order valence-corrected chi connectivity index (χ3v) is 7.25. The lowest BCUT2D eigenvalue weighted by atomic mass is 9.98. The number of carbonyl (C=O) groups excluding carboxylic acids is 2. The fraction of sp³-hybridized carbons (Fsp3) is 0.192. The Morgan fingerprint density at radius 3 is 2.21 bits per heavy atom. The molecule has 34 heavy (non-hydrogen) atoms. The van der Waals surface area contributed by atoms with Gasteiger partial charge in [-0.15, -0.1) is 0 Å². The van der Waals surface area contributed by atoms with E-state index in [4.69, 9.17) is 4.74 Å².